The maximum atomic E-state index is 12.5. The number of amides is 1. The second kappa shape index (κ2) is 7.35. The molecule has 1 heterocycles. The Hall–Kier alpha value is -1.95. The van der Waals surface area contributed by atoms with Crippen LogP contribution in [0.2, 0.25) is 5.02 Å². The lowest BCUT2D eigenvalue weighted by Gasteiger charge is -2.23. The van der Waals surface area contributed by atoms with Crippen molar-refractivity contribution in [3.63, 3.8) is 0 Å². The van der Waals surface area contributed by atoms with Crippen molar-refractivity contribution in [3.05, 3.63) is 29.3 Å². The third-order valence-electron chi connectivity index (χ3n) is 3.56. The summed E-state index contributed by atoms with van der Waals surface area (Å²) >= 11 is 5.87. The summed E-state index contributed by atoms with van der Waals surface area (Å²) in [6.07, 6.45) is 0.617. The van der Waals surface area contributed by atoms with E-state index in [9.17, 15) is 4.79 Å². The van der Waals surface area contributed by atoms with E-state index in [0.29, 0.717) is 30.4 Å². The van der Waals surface area contributed by atoms with E-state index >= 15 is 0 Å². The molecule has 2 aromatic rings. The van der Waals surface area contributed by atoms with Crippen molar-refractivity contribution in [2.45, 2.75) is 33.2 Å². The van der Waals surface area contributed by atoms with E-state index in [1.807, 2.05) is 32.9 Å². The first-order valence-corrected chi connectivity index (χ1v) is 7.82. The molecule has 1 aromatic heterocycles. The zero-order valence-corrected chi connectivity index (χ0v) is 13.8. The quantitative estimate of drug-likeness (QED) is 0.820. The van der Waals surface area contributed by atoms with Crippen molar-refractivity contribution in [3.8, 4) is 11.4 Å². The predicted octanol–water partition coefficient (Wildman–Crippen LogP) is 2.81. The highest BCUT2D eigenvalue weighted by atomic mass is 35.5. The Morgan fingerprint density at radius 1 is 1.23 bits per heavy atom. The third kappa shape index (κ3) is 3.44. The fourth-order valence-electron chi connectivity index (χ4n) is 2.25. The number of carbonyl (C=O) groups excluding carboxylic acids is 1. The molecule has 0 saturated heterocycles. The van der Waals surface area contributed by atoms with E-state index in [-0.39, 0.29) is 5.91 Å². The Bertz CT molecular complexity index is 621. The molecule has 0 radical (unpaired) electrons. The molecule has 0 aliphatic rings. The van der Waals surface area contributed by atoms with Gasteiger partial charge in [-0.1, -0.05) is 18.5 Å². The number of rotatable bonds is 6. The second-order valence-corrected chi connectivity index (χ2v) is 5.31. The molecule has 22 heavy (non-hydrogen) atoms. The standard InChI is InChI=1S/C15H20ClN5O/c1-4-13(15(22)20(5-2)6-3)21-18-14(17-19-21)11-7-9-12(16)10-8-11/h7-10,13H,4-6H2,1-3H3. The first kappa shape index (κ1) is 16.4. The number of hydrogen-bond acceptors (Lipinski definition) is 4. The van der Waals surface area contributed by atoms with Crippen molar-refractivity contribution < 1.29 is 4.79 Å². The van der Waals surface area contributed by atoms with Crippen LogP contribution in [0.3, 0.4) is 0 Å². The van der Waals surface area contributed by atoms with E-state index in [4.69, 9.17) is 11.6 Å². The van der Waals surface area contributed by atoms with Crippen LogP contribution in [0.4, 0.5) is 0 Å². The molecular formula is C15H20ClN5O. The fraction of sp³-hybridized carbons (Fsp3) is 0.467. The highest BCUT2D eigenvalue weighted by Crippen LogP contribution is 2.19. The molecule has 1 amide bonds. The molecule has 0 aliphatic heterocycles. The number of nitrogens with zero attached hydrogens (tertiary/aromatic N) is 5. The topological polar surface area (TPSA) is 63.9 Å². The Balaban J connectivity index is 2.25. The van der Waals surface area contributed by atoms with Gasteiger partial charge < -0.3 is 4.90 Å². The number of aromatic nitrogens is 4. The van der Waals surface area contributed by atoms with Crippen molar-refractivity contribution in [2.75, 3.05) is 13.1 Å². The molecule has 2 rings (SSSR count). The maximum Gasteiger partial charge on any atom is 0.249 e. The van der Waals surface area contributed by atoms with Crippen LogP contribution in [0.5, 0.6) is 0 Å². The van der Waals surface area contributed by atoms with E-state index in [2.05, 4.69) is 15.4 Å². The van der Waals surface area contributed by atoms with Crippen molar-refractivity contribution >= 4 is 17.5 Å². The van der Waals surface area contributed by atoms with E-state index in [1.54, 1.807) is 17.0 Å². The van der Waals surface area contributed by atoms with Gasteiger partial charge in [-0.2, -0.15) is 4.80 Å². The van der Waals surface area contributed by atoms with Crippen molar-refractivity contribution in [2.24, 2.45) is 0 Å². The van der Waals surface area contributed by atoms with Crippen molar-refractivity contribution in [1.82, 2.24) is 25.1 Å². The minimum absolute atomic E-state index is 0.0209. The Morgan fingerprint density at radius 3 is 2.41 bits per heavy atom. The molecule has 1 aromatic carbocycles. The van der Waals surface area contributed by atoms with Gasteiger partial charge in [-0.3, -0.25) is 4.79 Å². The number of tetrazole rings is 1. The molecule has 7 heteroatoms. The minimum Gasteiger partial charge on any atom is -0.341 e. The molecule has 0 bridgehead atoms. The van der Waals surface area contributed by atoms with Crippen LogP contribution in [0, 0.1) is 0 Å². The summed E-state index contributed by atoms with van der Waals surface area (Å²) in [7, 11) is 0. The first-order chi connectivity index (χ1) is 10.6. The van der Waals surface area contributed by atoms with E-state index in [1.165, 1.54) is 4.80 Å². The molecule has 6 nitrogen and oxygen atoms in total. The highest BCUT2D eigenvalue weighted by Gasteiger charge is 2.25. The lowest BCUT2D eigenvalue weighted by atomic mass is 10.2. The van der Waals surface area contributed by atoms with Crippen LogP contribution in [0.1, 0.15) is 33.2 Å². The van der Waals surface area contributed by atoms with Crippen LogP contribution in [-0.4, -0.2) is 44.1 Å². The lowest BCUT2D eigenvalue weighted by molar-refractivity contribution is -0.135. The zero-order valence-electron chi connectivity index (χ0n) is 13.0. The lowest BCUT2D eigenvalue weighted by Crippen LogP contribution is -2.37. The summed E-state index contributed by atoms with van der Waals surface area (Å²) in [5.41, 5.74) is 0.820. The van der Waals surface area contributed by atoms with Gasteiger partial charge in [-0.05, 0) is 49.7 Å². The molecule has 0 saturated carbocycles. The second-order valence-electron chi connectivity index (χ2n) is 4.87. The number of benzene rings is 1. The fourth-order valence-corrected chi connectivity index (χ4v) is 2.38. The smallest absolute Gasteiger partial charge is 0.249 e. The number of likely N-dealkylation sites (N-methyl/N-ethyl adjacent to an activating group) is 1. The zero-order chi connectivity index (χ0) is 16.1. The van der Waals surface area contributed by atoms with Crippen LogP contribution in [0.25, 0.3) is 11.4 Å². The summed E-state index contributed by atoms with van der Waals surface area (Å²) in [6.45, 7) is 7.20. The third-order valence-corrected chi connectivity index (χ3v) is 3.81. The summed E-state index contributed by atoms with van der Waals surface area (Å²) in [5, 5.41) is 13.1. The molecule has 0 N–H and O–H groups in total. The van der Waals surface area contributed by atoms with Gasteiger partial charge in [-0.25, -0.2) is 0 Å². The van der Waals surface area contributed by atoms with Gasteiger partial charge in [0.2, 0.25) is 11.7 Å². The maximum absolute atomic E-state index is 12.5. The molecule has 0 spiro atoms. The van der Waals surface area contributed by atoms with E-state index < -0.39 is 6.04 Å². The highest BCUT2D eigenvalue weighted by molar-refractivity contribution is 6.30. The molecule has 1 atom stereocenters. The first-order valence-electron chi connectivity index (χ1n) is 7.44. The van der Waals surface area contributed by atoms with Gasteiger partial charge in [0.15, 0.2) is 6.04 Å². The van der Waals surface area contributed by atoms with Crippen LogP contribution >= 0.6 is 11.6 Å². The average Bonchev–Trinajstić information content (AvgIpc) is 2.99. The van der Waals surface area contributed by atoms with Gasteiger partial charge >= 0.3 is 0 Å². The Labute approximate surface area is 135 Å². The molecule has 1 unspecified atom stereocenters. The summed E-state index contributed by atoms with van der Waals surface area (Å²) < 4.78 is 0. The molecule has 0 aliphatic carbocycles. The van der Waals surface area contributed by atoms with Gasteiger partial charge in [-0.15, -0.1) is 10.2 Å². The minimum atomic E-state index is -0.423. The summed E-state index contributed by atoms with van der Waals surface area (Å²) in [5.74, 6) is 0.509. The van der Waals surface area contributed by atoms with Crippen LogP contribution in [-0.2, 0) is 4.79 Å². The van der Waals surface area contributed by atoms with Gasteiger partial charge in [0.25, 0.3) is 0 Å². The number of halogens is 1. The molecular weight excluding hydrogens is 302 g/mol. The summed E-state index contributed by atoms with van der Waals surface area (Å²) in [6, 6.07) is 6.79. The largest absolute Gasteiger partial charge is 0.341 e. The van der Waals surface area contributed by atoms with Gasteiger partial charge in [0.1, 0.15) is 0 Å². The van der Waals surface area contributed by atoms with E-state index in [0.717, 1.165) is 5.56 Å². The van der Waals surface area contributed by atoms with Crippen molar-refractivity contribution in [1.29, 1.82) is 0 Å². The number of hydrogen-bond donors (Lipinski definition) is 0. The number of carbonyl (C=O) groups is 1. The average molecular weight is 322 g/mol. The summed E-state index contributed by atoms with van der Waals surface area (Å²) in [4.78, 5) is 15.7. The monoisotopic (exact) mass is 321 g/mol. The predicted molar refractivity (Wildman–Crippen MR) is 85.5 cm³/mol. The van der Waals surface area contributed by atoms with Gasteiger partial charge in [0, 0.05) is 23.7 Å². The van der Waals surface area contributed by atoms with Crippen LogP contribution in [0.15, 0.2) is 24.3 Å². The Kier molecular flexibility index (Phi) is 5.49. The van der Waals surface area contributed by atoms with Crippen LogP contribution < -0.4 is 0 Å². The molecule has 0 fully saturated rings. The van der Waals surface area contributed by atoms with Gasteiger partial charge in [0.05, 0.1) is 0 Å². The normalized spacial score (nSPS) is 12.2. The molecule has 118 valence electrons. The Morgan fingerprint density at radius 2 is 1.86 bits per heavy atom. The SMILES string of the molecule is CCC(C(=O)N(CC)CC)n1nnc(-c2ccc(Cl)cc2)n1.